The van der Waals surface area contributed by atoms with Crippen LogP contribution in [-0.4, -0.2) is 50.8 Å². The first-order valence-corrected chi connectivity index (χ1v) is 9.65. The van der Waals surface area contributed by atoms with Crippen molar-refractivity contribution in [1.29, 1.82) is 0 Å². The van der Waals surface area contributed by atoms with Gasteiger partial charge in [-0.1, -0.05) is 19.4 Å². The normalized spacial score (nSPS) is 15.4. The van der Waals surface area contributed by atoms with E-state index in [0.29, 0.717) is 6.61 Å². The highest BCUT2D eigenvalue weighted by atomic mass is 16.5. The molecule has 1 saturated heterocycles. The molecule has 0 bridgehead atoms. The van der Waals surface area contributed by atoms with E-state index in [1.165, 1.54) is 38.0 Å². The lowest BCUT2D eigenvalue weighted by Crippen LogP contribution is -2.43. The van der Waals surface area contributed by atoms with Crippen LogP contribution in [-0.2, 0) is 6.42 Å². The average Bonchev–Trinajstić information content (AvgIpc) is 2.62. The summed E-state index contributed by atoms with van der Waals surface area (Å²) in [5, 5.41) is 3.41. The summed E-state index contributed by atoms with van der Waals surface area (Å²) in [6.45, 7) is 11.5. The van der Waals surface area contributed by atoms with Crippen molar-refractivity contribution in [3.8, 4) is 11.5 Å². The second-order valence-electron chi connectivity index (χ2n) is 6.46. The van der Waals surface area contributed by atoms with Crippen LogP contribution < -0.4 is 14.8 Å². The summed E-state index contributed by atoms with van der Waals surface area (Å²) in [7, 11) is 0. The Morgan fingerprint density at radius 2 is 1.83 bits per heavy atom. The van der Waals surface area contributed by atoms with Gasteiger partial charge in [0.05, 0.1) is 13.2 Å². The van der Waals surface area contributed by atoms with Crippen LogP contribution >= 0.6 is 0 Å². The Kier molecular flexibility index (Phi) is 9.00. The van der Waals surface area contributed by atoms with Crippen molar-refractivity contribution >= 4 is 0 Å². The number of rotatable bonds is 11. The van der Waals surface area contributed by atoms with Crippen LogP contribution in [0.15, 0.2) is 18.2 Å². The molecule has 1 aliphatic rings. The predicted molar refractivity (Wildman–Crippen MR) is 100 cm³/mol. The number of hydrogen-bond donors (Lipinski definition) is 1. The summed E-state index contributed by atoms with van der Waals surface area (Å²) in [6.07, 6.45) is 5.83. The number of nitrogens with zero attached hydrogens (tertiary/aromatic N) is 1. The van der Waals surface area contributed by atoms with Crippen LogP contribution in [0.1, 0.15) is 45.1 Å². The minimum Gasteiger partial charge on any atom is -0.490 e. The molecule has 0 spiro atoms. The van der Waals surface area contributed by atoms with E-state index in [1.54, 1.807) is 0 Å². The van der Waals surface area contributed by atoms with E-state index in [9.17, 15) is 0 Å². The maximum absolute atomic E-state index is 5.85. The van der Waals surface area contributed by atoms with E-state index in [0.717, 1.165) is 50.5 Å². The fourth-order valence-corrected chi connectivity index (χ4v) is 3.02. The second kappa shape index (κ2) is 11.3. The molecule has 1 aromatic carbocycles. The van der Waals surface area contributed by atoms with Crippen molar-refractivity contribution in [3.05, 3.63) is 23.8 Å². The molecule has 0 saturated carbocycles. The lowest BCUT2D eigenvalue weighted by molar-refractivity contribution is 0.237. The summed E-state index contributed by atoms with van der Waals surface area (Å²) < 4.78 is 11.6. The number of nitrogens with one attached hydrogen (secondary N) is 1. The molecule has 2 rings (SSSR count). The Hall–Kier alpha value is -1.26. The number of ether oxygens (including phenoxy) is 2. The van der Waals surface area contributed by atoms with Gasteiger partial charge in [-0.3, -0.25) is 0 Å². The van der Waals surface area contributed by atoms with E-state index >= 15 is 0 Å². The number of unbranched alkanes of at least 4 members (excludes halogenated alkanes) is 2. The first kappa shape index (κ1) is 19.1. The third-order valence-corrected chi connectivity index (χ3v) is 4.46. The van der Waals surface area contributed by atoms with E-state index in [-0.39, 0.29) is 0 Å². The molecule has 1 aliphatic heterocycles. The first-order chi connectivity index (χ1) is 11.8. The zero-order chi connectivity index (χ0) is 17.0. The molecule has 0 aliphatic carbocycles. The van der Waals surface area contributed by atoms with Crippen molar-refractivity contribution in [1.82, 2.24) is 10.2 Å². The third kappa shape index (κ3) is 6.70. The van der Waals surface area contributed by atoms with Gasteiger partial charge in [0.25, 0.3) is 0 Å². The Morgan fingerprint density at radius 1 is 1.00 bits per heavy atom. The zero-order valence-electron chi connectivity index (χ0n) is 15.5. The predicted octanol–water partition coefficient (Wildman–Crippen LogP) is 3.49. The molecule has 0 unspecified atom stereocenters. The standard InChI is InChI=1S/C20H34N2O2/c1-3-5-16-24-19-10-9-18(17-20(19)23-4-2)8-6-7-13-22-14-11-21-12-15-22/h9-10,17,21H,3-8,11-16H2,1-2H3. The summed E-state index contributed by atoms with van der Waals surface area (Å²) in [5.41, 5.74) is 1.35. The van der Waals surface area contributed by atoms with Crippen LogP contribution in [0.4, 0.5) is 0 Å². The van der Waals surface area contributed by atoms with Crippen molar-refractivity contribution < 1.29 is 9.47 Å². The van der Waals surface area contributed by atoms with Crippen LogP contribution in [0, 0.1) is 0 Å². The quantitative estimate of drug-likeness (QED) is 0.628. The average molecular weight is 335 g/mol. The van der Waals surface area contributed by atoms with Gasteiger partial charge >= 0.3 is 0 Å². The fourth-order valence-electron chi connectivity index (χ4n) is 3.02. The number of hydrogen-bond acceptors (Lipinski definition) is 4. The van der Waals surface area contributed by atoms with Gasteiger partial charge in [0.15, 0.2) is 11.5 Å². The molecule has 24 heavy (non-hydrogen) atoms. The minimum absolute atomic E-state index is 0.677. The van der Waals surface area contributed by atoms with Gasteiger partial charge < -0.3 is 19.7 Å². The zero-order valence-corrected chi connectivity index (χ0v) is 15.5. The van der Waals surface area contributed by atoms with Crippen molar-refractivity contribution in [2.75, 3.05) is 45.9 Å². The summed E-state index contributed by atoms with van der Waals surface area (Å²) in [6, 6.07) is 6.43. The summed E-state index contributed by atoms with van der Waals surface area (Å²) in [4.78, 5) is 2.56. The second-order valence-corrected chi connectivity index (χ2v) is 6.46. The Balaban J connectivity index is 1.77. The molecule has 136 valence electrons. The Labute approximate surface area is 147 Å². The number of benzene rings is 1. The Morgan fingerprint density at radius 3 is 2.58 bits per heavy atom. The van der Waals surface area contributed by atoms with Crippen molar-refractivity contribution in [3.63, 3.8) is 0 Å². The number of aryl methyl sites for hydroxylation is 1. The molecular weight excluding hydrogens is 300 g/mol. The molecule has 0 amide bonds. The number of piperazine rings is 1. The molecule has 0 atom stereocenters. The van der Waals surface area contributed by atoms with Gasteiger partial charge in [-0.05, 0) is 56.8 Å². The maximum atomic E-state index is 5.85. The molecule has 4 heteroatoms. The van der Waals surface area contributed by atoms with Gasteiger partial charge in [-0.25, -0.2) is 0 Å². The highest BCUT2D eigenvalue weighted by Crippen LogP contribution is 2.29. The highest BCUT2D eigenvalue weighted by Gasteiger charge is 2.09. The molecule has 1 heterocycles. The van der Waals surface area contributed by atoms with E-state index in [2.05, 4.69) is 35.3 Å². The molecule has 0 aromatic heterocycles. The lowest BCUT2D eigenvalue weighted by Gasteiger charge is -2.27. The van der Waals surface area contributed by atoms with Gasteiger partial charge in [-0.2, -0.15) is 0 Å². The van der Waals surface area contributed by atoms with E-state index in [4.69, 9.17) is 9.47 Å². The molecule has 1 N–H and O–H groups in total. The van der Waals surface area contributed by atoms with Crippen LogP contribution in [0.3, 0.4) is 0 Å². The van der Waals surface area contributed by atoms with Crippen LogP contribution in [0.25, 0.3) is 0 Å². The smallest absolute Gasteiger partial charge is 0.161 e. The van der Waals surface area contributed by atoms with Gasteiger partial charge in [0.2, 0.25) is 0 Å². The van der Waals surface area contributed by atoms with Gasteiger partial charge in [-0.15, -0.1) is 0 Å². The topological polar surface area (TPSA) is 33.7 Å². The molecule has 1 fully saturated rings. The van der Waals surface area contributed by atoms with E-state index in [1.807, 2.05) is 6.92 Å². The molecule has 1 aromatic rings. The minimum atomic E-state index is 0.677. The lowest BCUT2D eigenvalue weighted by atomic mass is 10.1. The summed E-state index contributed by atoms with van der Waals surface area (Å²) in [5.74, 6) is 1.78. The SMILES string of the molecule is CCCCOc1ccc(CCCCN2CCNCC2)cc1OCC. The first-order valence-electron chi connectivity index (χ1n) is 9.65. The van der Waals surface area contributed by atoms with E-state index < -0.39 is 0 Å². The molecule has 0 radical (unpaired) electrons. The van der Waals surface area contributed by atoms with Gasteiger partial charge in [0.1, 0.15) is 0 Å². The monoisotopic (exact) mass is 334 g/mol. The fraction of sp³-hybridized carbons (Fsp3) is 0.700. The Bertz CT molecular complexity index is 459. The highest BCUT2D eigenvalue weighted by molar-refractivity contribution is 5.43. The largest absolute Gasteiger partial charge is 0.490 e. The van der Waals surface area contributed by atoms with Gasteiger partial charge in [0, 0.05) is 26.2 Å². The third-order valence-electron chi connectivity index (χ3n) is 4.46. The summed E-state index contributed by atoms with van der Waals surface area (Å²) >= 11 is 0. The molecular formula is C20H34N2O2. The van der Waals surface area contributed by atoms with Crippen molar-refractivity contribution in [2.45, 2.75) is 46.0 Å². The maximum Gasteiger partial charge on any atom is 0.161 e. The molecule has 4 nitrogen and oxygen atoms in total. The van der Waals surface area contributed by atoms with Crippen LogP contribution in [0.2, 0.25) is 0 Å². The van der Waals surface area contributed by atoms with Crippen molar-refractivity contribution in [2.24, 2.45) is 0 Å². The van der Waals surface area contributed by atoms with Crippen LogP contribution in [0.5, 0.6) is 11.5 Å².